The van der Waals surface area contributed by atoms with Crippen LogP contribution in [0, 0.1) is 6.92 Å². The van der Waals surface area contributed by atoms with E-state index in [4.69, 9.17) is 40.2 Å². The molecule has 1 amide bonds. The molecule has 1 fully saturated rings. The van der Waals surface area contributed by atoms with Gasteiger partial charge in [0.25, 0.3) is 11.5 Å². The van der Waals surface area contributed by atoms with Crippen molar-refractivity contribution in [3.63, 3.8) is 0 Å². The van der Waals surface area contributed by atoms with Crippen molar-refractivity contribution in [1.82, 2.24) is 14.3 Å². The van der Waals surface area contributed by atoms with Gasteiger partial charge in [0.05, 0.1) is 9.93 Å². The van der Waals surface area contributed by atoms with Crippen LogP contribution >= 0.6 is 47.2 Å². The molecular formula is C22H17Cl2N3O3S2. The van der Waals surface area contributed by atoms with Crippen LogP contribution in [0.25, 0.3) is 11.7 Å². The number of thioether (sulfide) groups is 1. The molecule has 164 valence electrons. The number of hydrogen-bond acceptors (Lipinski definition) is 6. The lowest BCUT2D eigenvalue weighted by Crippen LogP contribution is -2.34. The maximum atomic E-state index is 13.4. The minimum absolute atomic E-state index is 0.0309. The summed E-state index contributed by atoms with van der Waals surface area (Å²) < 4.78 is 7.81. The topological polar surface area (TPSA) is 63.9 Å². The molecule has 10 heteroatoms. The lowest BCUT2D eigenvalue weighted by atomic mass is 10.2. The Labute approximate surface area is 203 Å². The van der Waals surface area contributed by atoms with E-state index >= 15 is 0 Å². The van der Waals surface area contributed by atoms with E-state index in [-0.39, 0.29) is 39.7 Å². The van der Waals surface area contributed by atoms with Gasteiger partial charge >= 0.3 is 0 Å². The number of ether oxygens (including phenoxy) is 1. The Morgan fingerprint density at radius 1 is 1.22 bits per heavy atom. The zero-order valence-electron chi connectivity index (χ0n) is 17.3. The summed E-state index contributed by atoms with van der Waals surface area (Å²) in [6.45, 7) is 5.59. The van der Waals surface area contributed by atoms with Crippen LogP contribution in [0.5, 0.6) is 11.6 Å². The number of hydrogen-bond donors (Lipinski definition) is 0. The number of carbonyl (C=O) groups excluding carboxylic acids is 1. The van der Waals surface area contributed by atoms with Gasteiger partial charge in [-0.25, -0.2) is 0 Å². The molecular weight excluding hydrogens is 489 g/mol. The van der Waals surface area contributed by atoms with Crippen LogP contribution in [0.15, 0.2) is 46.2 Å². The number of nitrogens with zero attached hydrogens (tertiary/aromatic N) is 3. The van der Waals surface area contributed by atoms with Crippen LogP contribution in [0.2, 0.25) is 10.0 Å². The summed E-state index contributed by atoms with van der Waals surface area (Å²) in [5.41, 5.74) is 0.954. The quantitative estimate of drug-likeness (QED) is 0.334. The van der Waals surface area contributed by atoms with Gasteiger partial charge in [0.1, 0.15) is 21.3 Å². The number of carbonyl (C=O) groups is 1. The number of pyridine rings is 1. The third-order valence-corrected chi connectivity index (χ3v) is 6.63. The second-order valence-electron chi connectivity index (χ2n) is 7.34. The normalized spacial score (nSPS) is 15.4. The predicted octanol–water partition coefficient (Wildman–Crippen LogP) is 5.71. The number of aromatic nitrogens is 2. The molecule has 2 aromatic heterocycles. The first-order valence-corrected chi connectivity index (χ1v) is 11.6. The molecule has 0 aliphatic carbocycles. The van der Waals surface area contributed by atoms with Crippen LogP contribution in [0.3, 0.4) is 0 Å². The second kappa shape index (κ2) is 8.86. The van der Waals surface area contributed by atoms with E-state index in [1.165, 1.54) is 21.4 Å². The first-order chi connectivity index (χ1) is 15.2. The minimum Gasteiger partial charge on any atom is -0.437 e. The Balaban J connectivity index is 1.92. The lowest BCUT2D eigenvalue weighted by molar-refractivity contribution is -0.123. The van der Waals surface area contributed by atoms with E-state index in [2.05, 4.69) is 4.98 Å². The molecule has 4 rings (SSSR count). The van der Waals surface area contributed by atoms with Crippen LogP contribution in [0.1, 0.15) is 25.0 Å². The molecule has 1 aromatic carbocycles. The Bertz CT molecular complexity index is 1370. The summed E-state index contributed by atoms with van der Waals surface area (Å²) in [6, 6.07) is 8.24. The van der Waals surface area contributed by atoms with Gasteiger partial charge in [-0.05, 0) is 56.7 Å². The Morgan fingerprint density at radius 3 is 2.62 bits per heavy atom. The summed E-state index contributed by atoms with van der Waals surface area (Å²) in [5, 5.41) is 0.712. The van der Waals surface area contributed by atoms with Crippen molar-refractivity contribution in [1.29, 1.82) is 0 Å². The van der Waals surface area contributed by atoms with Crippen molar-refractivity contribution in [2.24, 2.45) is 0 Å². The molecule has 0 saturated carbocycles. The van der Waals surface area contributed by atoms with Gasteiger partial charge in [-0.1, -0.05) is 53.2 Å². The molecule has 32 heavy (non-hydrogen) atoms. The van der Waals surface area contributed by atoms with E-state index < -0.39 is 0 Å². The molecule has 0 atom stereocenters. The third-order valence-electron chi connectivity index (χ3n) is 4.77. The van der Waals surface area contributed by atoms with Gasteiger partial charge in [-0.3, -0.25) is 18.9 Å². The van der Waals surface area contributed by atoms with Crippen molar-refractivity contribution in [3.8, 4) is 11.6 Å². The van der Waals surface area contributed by atoms with Crippen molar-refractivity contribution < 1.29 is 9.53 Å². The smallest absolute Gasteiger partial charge is 0.269 e. The number of halogens is 2. The van der Waals surface area contributed by atoms with E-state index in [0.29, 0.717) is 19.9 Å². The van der Waals surface area contributed by atoms with Crippen molar-refractivity contribution in [3.05, 3.63) is 73.0 Å². The Hall–Kier alpha value is -2.39. The molecule has 0 radical (unpaired) electrons. The number of amides is 1. The van der Waals surface area contributed by atoms with Crippen molar-refractivity contribution in [2.75, 3.05) is 0 Å². The monoisotopic (exact) mass is 505 g/mol. The van der Waals surface area contributed by atoms with Gasteiger partial charge < -0.3 is 4.74 Å². The average Bonchev–Trinajstić information content (AvgIpc) is 3.00. The van der Waals surface area contributed by atoms with Crippen LogP contribution in [-0.2, 0) is 4.79 Å². The number of thiocarbonyl (C=S) groups is 1. The van der Waals surface area contributed by atoms with Crippen LogP contribution < -0.4 is 10.3 Å². The van der Waals surface area contributed by atoms with Crippen LogP contribution in [-0.4, -0.2) is 30.6 Å². The summed E-state index contributed by atoms with van der Waals surface area (Å²) in [6.07, 6.45) is 3.10. The van der Waals surface area contributed by atoms with E-state index in [1.54, 1.807) is 24.4 Å². The summed E-state index contributed by atoms with van der Waals surface area (Å²) >= 11 is 18.7. The molecule has 3 aromatic rings. The molecule has 6 nitrogen and oxygen atoms in total. The number of benzene rings is 1. The van der Waals surface area contributed by atoms with Crippen molar-refractivity contribution in [2.45, 2.75) is 26.8 Å². The summed E-state index contributed by atoms with van der Waals surface area (Å²) in [4.78, 5) is 32.7. The minimum atomic E-state index is -0.381. The van der Waals surface area contributed by atoms with Gasteiger partial charge in [-0.2, -0.15) is 4.98 Å². The highest BCUT2D eigenvalue weighted by Gasteiger charge is 2.34. The zero-order valence-corrected chi connectivity index (χ0v) is 20.4. The van der Waals surface area contributed by atoms with E-state index in [0.717, 1.165) is 17.3 Å². The SMILES string of the molecule is Cc1cccn2c(=O)c(/C=C3/SC(=S)N(C(C)C)C3=O)c(Oc3ccc(Cl)cc3Cl)nc12. The first kappa shape index (κ1) is 22.8. The maximum absolute atomic E-state index is 13.4. The number of aryl methyl sites for hydroxylation is 1. The standard InChI is InChI=1S/C22H17Cl2N3O3S2/c1-11(2)27-21(29)17(32-22(27)31)10-14-19(30-16-7-6-13(23)9-15(16)24)25-18-12(3)5-4-8-26(18)20(14)28/h4-11H,1-3H3/b17-10+. The lowest BCUT2D eigenvalue weighted by Gasteiger charge is -2.18. The fraction of sp³-hybridized carbons (Fsp3) is 0.182. The van der Waals surface area contributed by atoms with Crippen molar-refractivity contribution >= 4 is 69.1 Å². The Kier molecular flexibility index (Phi) is 6.31. The molecule has 1 aliphatic rings. The van der Waals surface area contributed by atoms with E-state index in [9.17, 15) is 9.59 Å². The molecule has 0 bridgehead atoms. The molecule has 0 unspecified atom stereocenters. The fourth-order valence-electron chi connectivity index (χ4n) is 3.21. The number of fused-ring (bicyclic) bond motifs is 1. The average molecular weight is 506 g/mol. The highest BCUT2D eigenvalue weighted by atomic mass is 35.5. The molecule has 1 saturated heterocycles. The predicted molar refractivity (Wildman–Crippen MR) is 133 cm³/mol. The first-order valence-electron chi connectivity index (χ1n) is 9.59. The summed E-state index contributed by atoms with van der Waals surface area (Å²) in [7, 11) is 0. The highest BCUT2D eigenvalue weighted by molar-refractivity contribution is 8.26. The fourth-order valence-corrected chi connectivity index (χ4v) is 5.16. The third kappa shape index (κ3) is 4.15. The summed E-state index contributed by atoms with van der Waals surface area (Å²) in [5.74, 6) is 0.0489. The van der Waals surface area contributed by atoms with Crippen LogP contribution in [0.4, 0.5) is 0 Å². The van der Waals surface area contributed by atoms with Gasteiger partial charge in [-0.15, -0.1) is 0 Å². The number of rotatable bonds is 4. The largest absolute Gasteiger partial charge is 0.437 e. The van der Waals surface area contributed by atoms with Gasteiger partial charge in [0.2, 0.25) is 5.88 Å². The maximum Gasteiger partial charge on any atom is 0.269 e. The molecule has 0 N–H and O–H groups in total. The molecule has 1 aliphatic heterocycles. The highest BCUT2D eigenvalue weighted by Crippen LogP contribution is 2.36. The van der Waals surface area contributed by atoms with E-state index in [1.807, 2.05) is 26.8 Å². The van der Waals surface area contributed by atoms with Gasteiger partial charge in [0.15, 0.2) is 0 Å². The second-order valence-corrected chi connectivity index (χ2v) is 9.86. The molecule has 0 spiro atoms. The van der Waals surface area contributed by atoms with Gasteiger partial charge in [0, 0.05) is 17.3 Å². The zero-order chi connectivity index (χ0) is 23.2. The molecule has 3 heterocycles. The Morgan fingerprint density at radius 2 is 1.97 bits per heavy atom.